The van der Waals surface area contributed by atoms with Gasteiger partial charge in [-0.25, -0.2) is 13.4 Å². The van der Waals surface area contributed by atoms with E-state index >= 15 is 0 Å². The first-order valence-corrected chi connectivity index (χ1v) is 8.15. The molecular weight excluding hydrogens is 366 g/mol. The Kier molecular flexibility index (Phi) is 4.22. The van der Waals surface area contributed by atoms with Crippen molar-refractivity contribution < 1.29 is 8.42 Å². The number of benzene rings is 1. The van der Waals surface area contributed by atoms with E-state index in [1.165, 1.54) is 6.07 Å². The van der Waals surface area contributed by atoms with Crippen molar-refractivity contribution >= 4 is 49.1 Å². The van der Waals surface area contributed by atoms with E-state index in [2.05, 4.69) is 25.6 Å². The minimum atomic E-state index is -3.76. The summed E-state index contributed by atoms with van der Waals surface area (Å²) in [5, 5.41) is 0.0953. The molecule has 0 saturated carbocycles. The molecule has 0 atom stereocenters. The zero-order valence-corrected chi connectivity index (χ0v) is 13.6. The van der Waals surface area contributed by atoms with Crippen LogP contribution >= 0.6 is 27.5 Å². The molecule has 2 aromatic rings. The van der Waals surface area contributed by atoms with E-state index in [1.54, 1.807) is 18.2 Å². The molecule has 2 rings (SSSR count). The highest BCUT2D eigenvalue weighted by Gasteiger charge is 2.16. The molecule has 0 saturated heterocycles. The first-order chi connectivity index (χ1) is 9.29. The van der Waals surface area contributed by atoms with Crippen molar-refractivity contribution in [2.75, 3.05) is 10.5 Å². The van der Waals surface area contributed by atoms with Crippen molar-refractivity contribution in [2.24, 2.45) is 0 Å². The second-order valence-electron chi connectivity index (χ2n) is 4.11. The van der Waals surface area contributed by atoms with Crippen molar-refractivity contribution in [1.82, 2.24) is 4.98 Å². The van der Waals surface area contributed by atoms with Crippen LogP contribution in [0.4, 0.5) is 11.5 Å². The summed E-state index contributed by atoms with van der Waals surface area (Å²) in [6.07, 6.45) is 1.16. The Balaban J connectivity index is 2.35. The highest BCUT2D eigenvalue weighted by Crippen LogP contribution is 2.24. The summed E-state index contributed by atoms with van der Waals surface area (Å²) in [5.74, 6) is 0.0868. The Morgan fingerprint density at radius 3 is 2.65 bits per heavy atom. The number of nitrogen functional groups attached to an aromatic ring is 1. The molecular formula is C12H11BrClN3O2S. The number of aryl methyl sites for hydroxylation is 1. The molecule has 0 aliphatic rings. The monoisotopic (exact) mass is 375 g/mol. The number of nitrogens with two attached hydrogens (primary N) is 1. The maximum absolute atomic E-state index is 12.2. The van der Waals surface area contributed by atoms with Crippen LogP contribution in [0.2, 0.25) is 5.02 Å². The summed E-state index contributed by atoms with van der Waals surface area (Å²) in [6, 6.07) is 6.41. The normalized spacial score (nSPS) is 11.3. The fraction of sp³-hybridized carbons (Fsp3) is 0.0833. The largest absolute Gasteiger partial charge is 0.382 e. The molecule has 0 unspecified atom stereocenters. The van der Waals surface area contributed by atoms with Gasteiger partial charge in [0.05, 0.1) is 5.02 Å². The molecule has 1 aromatic heterocycles. The topological polar surface area (TPSA) is 85.1 Å². The van der Waals surface area contributed by atoms with Gasteiger partial charge in [-0.2, -0.15) is 0 Å². The van der Waals surface area contributed by atoms with Gasteiger partial charge in [0.2, 0.25) is 0 Å². The first kappa shape index (κ1) is 15.1. The van der Waals surface area contributed by atoms with Crippen LogP contribution in [-0.2, 0) is 10.0 Å². The van der Waals surface area contributed by atoms with Crippen LogP contribution in [0.3, 0.4) is 0 Å². The second-order valence-corrected chi connectivity index (χ2v) is 7.05. The average Bonchev–Trinajstić information content (AvgIpc) is 2.37. The first-order valence-electron chi connectivity index (χ1n) is 5.49. The standard InChI is InChI=1S/C12H11BrClN3O2S/c1-7-2-3-8(4-10(7)13)17-20(18,19)9-5-11(14)12(15)16-6-9/h2-6,17H,1H3,(H2,15,16). The van der Waals surface area contributed by atoms with Gasteiger partial charge in [-0.1, -0.05) is 33.6 Å². The Morgan fingerprint density at radius 2 is 2.05 bits per heavy atom. The molecule has 8 heteroatoms. The van der Waals surface area contributed by atoms with Crippen molar-refractivity contribution in [1.29, 1.82) is 0 Å². The van der Waals surface area contributed by atoms with E-state index < -0.39 is 10.0 Å². The molecule has 20 heavy (non-hydrogen) atoms. The molecule has 0 fully saturated rings. The summed E-state index contributed by atoms with van der Waals surface area (Å²) >= 11 is 9.13. The maximum atomic E-state index is 12.2. The third kappa shape index (κ3) is 3.23. The summed E-state index contributed by atoms with van der Waals surface area (Å²) in [7, 11) is -3.76. The molecule has 0 spiro atoms. The summed E-state index contributed by atoms with van der Waals surface area (Å²) in [6.45, 7) is 1.91. The van der Waals surface area contributed by atoms with Gasteiger partial charge in [-0.05, 0) is 30.7 Å². The van der Waals surface area contributed by atoms with Crippen molar-refractivity contribution in [3.05, 3.63) is 45.5 Å². The van der Waals surface area contributed by atoms with Gasteiger partial charge in [-0.15, -0.1) is 0 Å². The fourth-order valence-corrected chi connectivity index (χ4v) is 3.08. The van der Waals surface area contributed by atoms with Crippen LogP contribution in [0.1, 0.15) is 5.56 Å². The van der Waals surface area contributed by atoms with Crippen LogP contribution in [0.15, 0.2) is 39.8 Å². The minimum absolute atomic E-state index is 0.0478. The number of rotatable bonds is 3. The van der Waals surface area contributed by atoms with Crippen molar-refractivity contribution in [3.8, 4) is 0 Å². The van der Waals surface area contributed by atoms with Gasteiger partial charge in [0.15, 0.2) is 0 Å². The van der Waals surface area contributed by atoms with Gasteiger partial charge in [0.1, 0.15) is 10.7 Å². The van der Waals surface area contributed by atoms with Crippen LogP contribution < -0.4 is 10.5 Å². The number of sulfonamides is 1. The summed E-state index contributed by atoms with van der Waals surface area (Å²) < 4.78 is 27.7. The smallest absolute Gasteiger partial charge is 0.263 e. The average molecular weight is 377 g/mol. The number of pyridine rings is 1. The zero-order chi connectivity index (χ0) is 14.9. The number of hydrogen-bond acceptors (Lipinski definition) is 4. The Hall–Kier alpha value is -1.31. The van der Waals surface area contributed by atoms with E-state index in [1.807, 2.05) is 6.92 Å². The number of aromatic nitrogens is 1. The highest BCUT2D eigenvalue weighted by atomic mass is 79.9. The lowest BCUT2D eigenvalue weighted by molar-refractivity contribution is 0.601. The molecule has 106 valence electrons. The van der Waals surface area contributed by atoms with Crippen LogP contribution in [0, 0.1) is 6.92 Å². The molecule has 1 aromatic carbocycles. The predicted octanol–water partition coefficient (Wildman–Crippen LogP) is 3.19. The zero-order valence-electron chi connectivity index (χ0n) is 10.4. The quantitative estimate of drug-likeness (QED) is 0.861. The number of nitrogens with one attached hydrogen (secondary N) is 1. The number of nitrogens with zero attached hydrogens (tertiary/aromatic N) is 1. The van der Waals surface area contributed by atoms with Gasteiger partial charge in [0, 0.05) is 16.4 Å². The number of halogens is 2. The van der Waals surface area contributed by atoms with Crippen LogP contribution in [-0.4, -0.2) is 13.4 Å². The minimum Gasteiger partial charge on any atom is -0.382 e. The lowest BCUT2D eigenvalue weighted by Crippen LogP contribution is -2.13. The maximum Gasteiger partial charge on any atom is 0.263 e. The summed E-state index contributed by atoms with van der Waals surface area (Å²) in [4.78, 5) is 3.69. The SMILES string of the molecule is Cc1ccc(NS(=O)(=O)c2cnc(N)c(Cl)c2)cc1Br. The fourth-order valence-electron chi connectivity index (χ4n) is 1.45. The third-order valence-electron chi connectivity index (χ3n) is 2.58. The lowest BCUT2D eigenvalue weighted by atomic mass is 10.2. The second kappa shape index (κ2) is 5.59. The number of anilines is 2. The van der Waals surface area contributed by atoms with E-state index in [0.717, 1.165) is 16.2 Å². The van der Waals surface area contributed by atoms with E-state index in [9.17, 15) is 8.42 Å². The molecule has 3 N–H and O–H groups in total. The highest BCUT2D eigenvalue weighted by molar-refractivity contribution is 9.10. The van der Waals surface area contributed by atoms with E-state index in [4.69, 9.17) is 17.3 Å². The molecule has 0 radical (unpaired) electrons. The Bertz CT molecular complexity index is 765. The predicted molar refractivity (Wildman–Crippen MR) is 83.3 cm³/mol. The molecule has 1 heterocycles. The number of hydrogen-bond donors (Lipinski definition) is 2. The molecule has 0 bridgehead atoms. The van der Waals surface area contributed by atoms with Crippen LogP contribution in [0.25, 0.3) is 0 Å². The van der Waals surface area contributed by atoms with Gasteiger partial charge in [-0.3, -0.25) is 4.72 Å². The van der Waals surface area contributed by atoms with Gasteiger partial charge >= 0.3 is 0 Å². The summed E-state index contributed by atoms with van der Waals surface area (Å²) in [5.41, 5.74) is 6.90. The Labute approximate surface area is 130 Å². The van der Waals surface area contributed by atoms with Crippen molar-refractivity contribution in [2.45, 2.75) is 11.8 Å². The van der Waals surface area contributed by atoms with E-state index in [0.29, 0.717) is 5.69 Å². The Morgan fingerprint density at radius 1 is 1.35 bits per heavy atom. The molecule has 5 nitrogen and oxygen atoms in total. The molecule has 0 aliphatic heterocycles. The molecule has 0 amide bonds. The molecule has 0 aliphatic carbocycles. The lowest BCUT2D eigenvalue weighted by Gasteiger charge is -2.09. The van der Waals surface area contributed by atoms with Crippen LogP contribution in [0.5, 0.6) is 0 Å². The van der Waals surface area contributed by atoms with Gasteiger partial charge in [0.25, 0.3) is 10.0 Å². The van der Waals surface area contributed by atoms with E-state index in [-0.39, 0.29) is 15.7 Å². The van der Waals surface area contributed by atoms with Crippen molar-refractivity contribution in [3.63, 3.8) is 0 Å². The third-order valence-corrected chi connectivity index (χ3v) is 5.08. The van der Waals surface area contributed by atoms with Gasteiger partial charge < -0.3 is 5.73 Å².